The standard InChI is InChI=1S/C14H31NO5S/c1-4-8-15(3,9-6-7-14-21(16,17)18)10-11-20-13-12-19-5-2/h4-14H2,1-3H3. The van der Waals surface area contributed by atoms with Crippen molar-refractivity contribution in [3.8, 4) is 0 Å². The number of likely N-dealkylation sites (N-methyl/N-ethyl adjacent to an activating group) is 1. The van der Waals surface area contributed by atoms with Crippen molar-refractivity contribution in [3.05, 3.63) is 0 Å². The number of hydrogen-bond donors (Lipinski definition) is 0. The Morgan fingerprint density at radius 3 is 2.19 bits per heavy atom. The number of quaternary nitrogens is 1. The van der Waals surface area contributed by atoms with Gasteiger partial charge in [-0.25, -0.2) is 8.42 Å². The lowest BCUT2D eigenvalue weighted by Crippen LogP contribution is -2.47. The third-order valence-corrected chi connectivity index (χ3v) is 4.25. The Labute approximate surface area is 129 Å². The van der Waals surface area contributed by atoms with Crippen LogP contribution in [-0.4, -0.2) is 76.3 Å². The average molecular weight is 325 g/mol. The van der Waals surface area contributed by atoms with Crippen molar-refractivity contribution >= 4 is 10.1 Å². The van der Waals surface area contributed by atoms with Crippen LogP contribution in [0.1, 0.15) is 33.1 Å². The molecule has 0 spiro atoms. The van der Waals surface area contributed by atoms with Crippen LogP contribution in [0.5, 0.6) is 0 Å². The first-order chi connectivity index (χ1) is 9.83. The highest BCUT2D eigenvalue weighted by molar-refractivity contribution is 7.85. The Balaban J connectivity index is 3.94. The normalized spacial score (nSPS) is 15.0. The lowest BCUT2D eigenvalue weighted by atomic mass is 10.2. The van der Waals surface area contributed by atoms with Crippen molar-refractivity contribution in [1.29, 1.82) is 0 Å². The highest BCUT2D eigenvalue weighted by Crippen LogP contribution is 2.08. The van der Waals surface area contributed by atoms with E-state index in [1.165, 1.54) is 0 Å². The Morgan fingerprint density at radius 1 is 0.952 bits per heavy atom. The van der Waals surface area contributed by atoms with Gasteiger partial charge in [-0.05, 0) is 26.2 Å². The maximum Gasteiger partial charge on any atom is 0.102 e. The Hall–Kier alpha value is -0.210. The second kappa shape index (κ2) is 11.4. The number of nitrogens with zero attached hydrogens (tertiary/aromatic N) is 1. The van der Waals surface area contributed by atoms with Gasteiger partial charge in [0.25, 0.3) is 0 Å². The van der Waals surface area contributed by atoms with E-state index in [1.54, 1.807) is 0 Å². The molecule has 0 aliphatic rings. The second-order valence-electron chi connectivity index (χ2n) is 5.57. The van der Waals surface area contributed by atoms with Gasteiger partial charge in [-0.2, -0.15) is 0 Å². The zero-order valence-electron chi connectivity index (χ0n) is 13.7. The molecule has 0 amide bonds. The molecule has 0 aliphatic carbocycles. The molecule has 6 nitrogen and oxygen atoms in total. The third kappa shape index (κ3) is 13.2. The van der Waals surface area contributed by atoms with Gasteiger partial charge < -0.3 is 18.5 Å². The first-order valence-corrected chi connectivity index (χ1v) is 9.33. The summed E-state index contributed by atoms with van der Waals surface area (Å²) in [5, 5.41) is 0. The Bertz CT molecular complexity index is 347. The molecule has 0 aromatic rings. The van der Waals surface area contributed by atoms with Crippen LogP contribution < -0.4 is 0 Å². The molecule has 0 aromatic carbocycles. The van der Waals surface area contributed by atoms with Crippen molar-refractivity contribution in [2.45, 2.75) is 33.1 Å². The van der Waals surface area contributed by atoms with Gasteiger partial charge in [0.15, 0.2) is 0 Å². The molecule has 0 heterocycles. The summed E-state index contributed by atoms with van der Waals surface area (Å²) < 4.78 is 43.4. The van der Waals surface area contributed by atoms with Crippen LogP contribution in [0.3, 0.4) is 0 Å². The fraction of sp³-hybridized carbons (Fsp3) is 1.00. The van der Waals surface area contributed by atoms with Crippen LogP contribution in [0, 0.1) is 0 Å². The molecule has 128 valence electrons. The summed E-state index contributed by atoms with van der Waals surface area (Å²) in [5.41, 5.74) is 0. The number of ether oxygens (including phenoxy) is 2. The van der Waals surface area contributed by atoms with Crippen molar-refractivity contribution in [2.75, 3.05) is 58.9 Å². The van der Waals surface area contributed by atoms with Gasteiger partial charge in [0.05, 0.1) is 50.1 Å². The maximum atomic E-state index is 10.6. The van der Waals surface area contributed by atoms with Crippen LogP contribution in [0.4, 0.5) is 0 Å². The fourth-order valence-corrected chi connectivity index (χ4v) is 2.85. The minimum Gasteiger partial charge on any atom is -0.748 e. The lowest BCUT2D eigenvalue weighted by Gasteiger charge is -2.34. The summed E-state index contributed by atoms with van der Waals surface area (Å²) >= 11 is 0. The van der Waals surface area contributed by atoms with Crippen LogP contribution >= 0.6 is 0 Å². The van der Waals surface area contributed by atoms with Crippen LogP contribution in [0.2, 0.25) is 0 Å². The highest BCUT2D eigenvalue weighted by atomic mass is 32.2. The number of unbranched alkanes of at least 4 members (excludes halogenated alkanes) is 1. The maximum absolute atomic E-state index is 10.6. The highest BCUT2D eigenvalue weighted by Gasteiger charge is 2.19. The van der Waals surface area contributed by atoms with Gasteiger partial charge in [-0.3, -0.25) is 0 Å². The molecule has 0 rings (SSSR count). The molecule has 0 aromatic heterocycles. The molecule has 0 saturated carbocycles. The summed E-state index contributed by atoms with van der Waals surface area (Å²) in [6.07, 6.45) is 2.25. The SMILES string of the molecule is CCC[N+](C)(CCCCS(=O)(=O)[O-])CCOCCOCC. The minimum atomic E-state index is -4.08. The molecule has 1 atom stereocenters. The van der Waals surface area contributed by atoms with E-state index >= 15 is 0 Å². The molecule has 1 unspecified atom stereocenters. The zero-order valence-corrected chi connectivity index (χ0v) is 14.5. The molecule has 21 heavy (non-hydrogen) atoms. The molecule has 0 fully saturated rings. The van der Waals surface area contributed by atoms with E-state index in [2.05, 4.69) is 14.0 Å². The Morgan fingerprint density at radius 2 is 1.62 bits per heavy atom. The Kier molecular flexibility index (Phi) is 11.3. The first-order valence-electron chi connectivity index (χ1n) is 7.75. The summed E-state index contributed by atoms with van der Waals surface area (Å²) in [6, 6.07) is 0. The molecule has 0 saturated heterocycles. The van der Waals surface area contributed by atoms with Crippen molar-refractivity contribution in [2.24, 2.45) is 0 Å². The molecule has 0 aliphatic heterocycles. The van der Waals surface area contributed by atoms with Gasteiger partial charge in [0.2, 0.25) is 0 Å². The monoisotopic (exact) mass is 325 g/mol. The van der Waals surface area contributed by atoms with Gasteiger partial charge in [0, 0.05) is 12.4 Å². The summed E-state index contributed by atoms with van der Waals surface area (Å²) in [5.74, 6) is -0.260. The zero-order chi connectivity index (χ0) is 16.2. The van der Waals surface area contributed by atoms with Crippen molar-refractivity contribution in [3.63, 3.8) is 0 Å². The smallest absolute Gasteiger partial charge is 0.102 e. The predicted molar refractivity (Wildman–Crippen MR) is 82.2 cm³/mol. The summed E-state index contributed by atoms with van der Waals surface area (Å²) in [6.45, 7) is 9.48. The van der Waals surface area contributed by atoms with E-state index in [4.69, 9.17) is 9.47 Å². The molecular formula is C14H31NO5S. The molecule has 0 bridgehead atoms. The van der Waals surface area contributed by atoms with E-state index in [0.29, 0.717) is 32.8 Å². The predicted octanol–water partition coefficient (Wildman–Crippen LogP) is 1.22. The van der Waals surface area contributed by atoms with Gasteiger partial charge in [-0.15, -0.1) is 0 Å². The molecular weight excluding hydrogens is 294 g/mol. The quantitative estimate of drug-likeness (QED) is 0.273. The van der Waals surface area contributed by atoms with Crippen LogP contribution in [0.15, 0.2) is 0 Å². The van der Waals surface area contributed by atoms with Crippen LogP contribution in [0.25, 0.3) is 0 Å². The van der Waals surface area contributed by atoms with Crippen molar-refractivity contribution < 1.29 is 26.9 Å². The number of hydrogen-bond acceptors (Lipinski definition) is 5. The van der Waals surface area contributed by atoms with E-state index in [1.807, 2.05) is 6.92 Å². The van der Waals surface area contributed by atoms with Gasteiger partial charge in [-0.1, -0.05) is 6.92 Å². The summed E-state index contributed by atoms with van der Waals surface area (Å²) in [7, 11) is -1.93. The van der Waals surface area contributed by atoms with E-state index in [9.17, 15) is 13.0 Å². The molecule has 0 N–H and O–H groups in total. The molecule has 7 heteroatoms. The van der Waals surface area contributed by atoms with E-state index < -0.39 is 10.1 Å². The lowest BCUT2D eigenvalue weighted by molar-refractivity contribution is -0.910. The number of rotatable bonds is 14. The van der Waals surface area contributed by atoms with Crippen molar-refractivity contribution in [1.82, 2.24) is 0 Å². The summed E-state index contributed by atoms with van der Waals surface area (Å²) in [4.78, 5) is 0. The van der Waals surface area contributed by atoms with Crippen LogP contribution in [-0.2, 0) is 19.6 Å². The topological polar surface area (TPSA) is 75.7 Å². The minimum absolute atomic E-state index is 0.260. The first kappa shape index (κ1) is 20.8. The largest absolute Gasteiger partial charge is 0.748 e. The second-order valence-corrected chi connectivity index (χ2v) is 7.09. The van der Waals surface area contributed by atoms with Gasteiger partial charge in [0.1, 0.15) is 6.54 Å². The molecule has 0 radical (unpaired) electrons. The van der Waals surface area contributed by atoms with Gasteiger partial charge >= 0.3 is 0 Å². The average Bonchev–Trinajstić information content (AvgIpc) is 2.38. The van der Waals surface area contributed by atoms with E-state index in [-0.39, 0.29) is 5.75 Å². The van der Waals surface area contributed by atoms with E-state index in [0.717, 1.165) is 37.0 Å². The third-order valence-electron chi connectivity index (χ3n) is 3.46. The fourth-order valence-electron chi connectivity index (χ4n) is 2.30.